The molecule has 11 rings (SSSR count). The molecular weight excluding hydrogens is 888 g/mol. The minimum Gasteiger partial charge on any atom is -0.545 e. The van der Waals surface area contributed by atoms with Gasteiger partial charge in [0.25, 0.3) is 11.8 Å². The van der Waals surface area contributed by atoms with Crippen LogP contribution in [0.2, 0.25) is 5.02 Å². The number of methoxy groups -OCH3 is 1. The third-order valence-electron chi connectivity index (χ3n) is 15.3. The number of ether oxygens (including phenoxy) is 2. The third kappa shape index (κ3) is 7.98. The smallest absolute Gasteiger partial charge is 0.262 e. The molecule has 0 fully saturated rings. The average Bonchev–Trinajstić information content (AvgIpc) is 3.63. The van der Waals surface area contributed by atoms with Crippen molar-refractivity contribution in [2.24, 2.45) is 0 Å². The van der Waals surface area contributed by atoms with Gasteiger partial charge in [0.15, 0.2) is 0 Å². The molecule has 5 aliphatic rings. The summed E-state index contributed by atoms with van der Waals surface area (Å²) in [6.07, 6.45) is 11.7. The van der Waals surface area contributed by atoms with E-state index >= 15 is 0 Å². The molecule has 1 unspecified atom stereocenters. The number of benzene rings is 5. The zero-order valence-corrected chi connectivity index (χ0v) is 39.9. The molecule has 0 spiro atoms. The minimum atomic E-state index is -1.34. The highest BCUT2D eigenvalue weighted by Crippen LogP contribution is 2.50. The van der Waals surface area contributed by atoms with Gasteiger partial charge in [-0.2, -0.15) is 0 Å². The molecule has 2 N–H and O–H groups in total. The SMILES string of the molecule is COc1ccc2c(c1)c(CC(=O)NCCCCNC(=O)c1ccc(C3=c4cc5c6c(c4Oc4c3cc3c7c4CCCC7CCC3)CCC[N+]=6CCC5)c(C(=O)[O-])c1)c(C)n2C(=O)c1ccc(Cl)cc1. The molecule has 4 heterocycles. The summed E-state index contributed by atoms with van der Waals surface area (Å²) >= 11 is 6.09. The number of amides is 2. The second-order valence-electron chi connectivity index (χ2n) is 19.3. The number of halogens is 1. The molecule has 6 aromatic rings. The number of carbonyl (C=O) groups excluding carboxylic acids is 4. The lowest BCUT2D eigenvalue weighted by atomic mass is 9.71. The highest BCUT2D eigenvalue weighted by atomic mass is 35.5. The van der Waals surface area contributed by atoms with Gasteiger partial charge in [-0.1, -0.05) is 17.7 Å². The summed E-state index contributed by atoms with van der Waals surface area (Å²) in [5.74, 6) is 0.722. The van der Waals surface area contributed by atoms with Gasteiger partial charge in [0.05, 0.1) is 30.6 Å². The van der Waals surface area contributed by atoms with Crippen LogP contribution in [0.15, 0.2) is 72.8 Å². The number of fused-ring (bicyclic) bond motifs is 5. The quantitative estimate of drug-likeness (QED) is 0.0991. The Balaban J connectivity index is 0.812. The Hall–Kier alpha value is -6.72. The first kappa shape index (κ1) is 44.8. The first-order chi connectivity index (χ1) is 33.6. The zero-order valence-electron chi connectivity index (χ0n) is 39.2. The Kier molecular flexibility index (Phi) is 11.9. The van der Waals surface area contributed by atoms with Crippen LogP contribution in [-0.4, -0.2) is 61.5 Å². The largest absolute Gasteiger partial charge is 0.545 e. The molecule has 12 heteroatoms. The summed E-state index contributed by atoms with van der Waals surface area (Å²) in [4.78, 5) is 54.0. The van der Waals surface area contributed by atoms with Gasteiger partial charge in [0, 0.05) is 80.6 Å². The van der Waals surface area contributed by atoms with Gasteiger partial charge < -0.3 is 30.0 Å². The standard InChI is InChI=1S/C57H55ClN4O7/c1-32-43(44-30-39(68-2)20-22-48(44)62(32)56(65)34-15-18-38(58)19-16-34)31-49(63)59-23-3-4-24-60-55(64)37-17-21-40(45(29-37)57(66)67)51-46-27-35-11-5-9-33-10-6-13-41(50(33)35)53(46)69-54-42-14-8-26-61-25-7-12-36(52(42)61)28-47(51)54/h15-22,27-30,33H,3-14,23-26,31H2,1-2H3,(H2-,59,60,63,64,66,67). The molecule has 2 amide bonds. The highest BCUT2D eigenvalue weighted by molar-refractivity contribution is 6.30. The van der Waals surface area contributed by atoms with Crippen LogP contribution in [0.1, 0.15) is 139 Å². The van der Waals surface area contributed by atoms with Crippen molar-refractivity contribution in [1.82, 2.24) is 19.8 Å². The lowest BCUT2D eigenvalue weighted by molar-refractivity contribution is -0.255. The second kappa shape index (κ2) is 18.3. The van der Waals surface area contributed by atoms with Gasteiger partial charge in [-0.15, -0.1) is 0 Å². The number of hydrogen-bond donors (Lipinski definition) is 2. The number of carbonyl (C=O) groups is 4. The van der Waals surface area contributed by atoms with E-state index in [1.54, 1.807) is 54.1 Å². The maximum absolute atomic E-state index is 13.7. The molecule has 11 nitrogen and oxygen atoms in total. The number of hydrogen-bond acceptors (Lipinski definition) is 7. The number of aromatic carboxylic acids is 1. The van der Waals surface area contributed by atoms with Gasteiger partial charge in [-0.25, -0.2) is 4.58 Å². The number of carboxylic acids is 1. The fraction of sp³-hybridized carbons (Fsp3) is 0.351. The maximum Gasteiger partial charge on any atom is 0.262 e. The molecule has 2 aliphatic carbocycles. The van der Waals surface area contributed by atoms with Crippen molar-refractivity contribution in [3.05, 3.63) is 155 Å². The highest BCUT2D eigenvalue weighted by Gasteiger charge is 2.37. The van der Waals surface area contributed by atoms with E-state index in [0.29, 0.717) is 65.0 Å². The lowest BCUT2D eigenvalue weighted by Gasteiger charge is -2.36. The molecule has 0 saturated heterocycles. The van der Waals surface area contributed by atoms with Crippen LogP contribution in [0, 0.1) is 6.92 Å². The summed E-state index contributed by atoms with van der Waals surface area (Å²) in [7, 11) is 1.58. The van der Waals surface area contributed by atoms with Crippen molar-refractivity contribution in [2.45, 2.75) is 96.3 Å². The van der Waals surface area contributed by atoms with E-state index in [9.17, 15) is 24.3 Å². The summed E-state index contributed by atoms with van der Waals surface area (Å²) < 4.78 is 16.8. The second-order valence-corrected chi connectivity index (χ2v) is 19.8. The molecule has 0 saturated carbocycles. The van der Waals surface area contributed by atoms with Gasteiger partial charge in [-0.05, 0) is 172 Å². The predicted molar refractivity (Wildman–Crippen MR) is 264 cm³/mol. The minimum absolute atomic E-state index is 0.0254. The van der Waals surface area contributed by atoms with E-state index in [2.05, 4.69) is 27.3 Å². The first-order valence-electron chi connectivity index (χ1n) is 24.6. The van der Waals surface area contributed by atoms with Gasteiger partial charge in [0.2, 0.25) is 11.3 Å². The maximum atomic E-state index is 13.7. The number of aryl methyl sites for hydroxylation is 2. The van der Waals surface area contributed by atoms with Crippen molar-refractivity contribution in [3.63, 3.8) is 0 Å². The monoisotopic (exact) mass is 942 g/mol. The number of rotatable bonds is 12. The van der Waals surface area contributed by atoms with Crippen LogP contribution in [0.3, 0.4) is 0 Å². The van der Waals surface area contributed by atoms with E-state index in [4.69, 9.17) is 21.1 Å². The molecule has 1 aromatic heterocycles. The zero-order chi connectivity index (χ0) is 47.5. The van der Waals surface area contributed by atoms with E-state index in [-0.39, 0.29) is 35.3 Å². The number of unbranched alkanes of at least 4 members (excludes halogenated alkanes) is 1. The van der Waals surface area contributed by atoms with Gasteiger partial charge in [0.1, 0.15) is 30.3 Å². The summed E-state index contributed by atoms with van der Waals surface area (Å²) in [6, 6.07) is 21.7. The van der Waals surface area contributed by atoms with E-state index < -0.39 is 5.97 Å². The molecule has 5 aromatic carbocycles. The van der Waals surface area contributed by atoms with Gasteiger partial charge in [-0.3, -0.25) is 19.0 Å². The normalized spacial score (nSPS) is 16.4. The van der Waals surface area contributed by atoms with Crippen molar-refractivity contribution >= 4 is 51.8 Å². The van der Waals surface area contributed by atoms with Crippen LogP contribution in [0.25, 0.3) is 16.5 Å². The van der Waals surface area contributed by atoms with E-state index in [1.807, 2.05) is 19.1 Å². The molecule has 0 bridgehead atoms. The number of nitrogens with one attached hydrogen (secondary N) is 2. The van der Waals surface area contributed by atoms with Crippen LogP contribution < -0.4 is 40.4 Å². The Morgan fingerprint density at radius 2 is 1.52 bits per heavy atom. The molecule has 0 radical (unpaired) electrons. The van der Waals surface area contributed by atoms with Crippen molar-refractivity contribution < 1.29 is 33.8 Å². The van der Waals surface area contributed by atoms with E-state index in [0.717, 1.165) is 103 Å². The van der Waals surface area contributed by atoms with Crippen molar-refractivity contribution in [3.8, 4) is 17.2 Å². The molecule has 1 atom stereocenters. The average molecular weight is 944 g/mol. The Bertz CT molecular complexity index is 3290. The lowest BCUT2D eigenvalue weighted by Crippen LogP contribution is -2.45. The fourth-order valence-corrected chi connectivity index (χ4v) is 12.2. The van der Waals surface area contributed by atoms with E-state index in [1.165, 1.54) is 52.1 Å². The Morgan fingerprint density at radius 3 is 2.30 bits per heavy atom. The summed E-state index contributed by atoms with van der Waals surface area (Å²) in [5, 5.41) is 22.7. The summed E-state index contributed by atoms with van der Waals surface area (Å²) in [5.41, 5.74) is 11.7. The van der Waals surface area contributed by atoms with Crippen LogP contribution >= 0.6 is 11.6 Å². The molecule has 69 heavy (non-hydrogen) atoms. The van der Waals surface area contributed by atoms with Crippen LogP contribution in [0.5, 0.6) is 17.2 Å². The Labute approximate surface area is 405 Å². The first-order valence-corrected chi connectivity index (χ1v) is 25.0. The van der Waals surface area contributed by atoms with Gasteiger partial charge >= 0.3 is 0 Å². The molecular formula is C57H55ClN4O7. The number of aromatic nitrogens is 1. The number of carboxylic acid groups (broad SMARTS) is 1. The molecule has 352 valence electrons. The van der Waals surface area contributed by atoms with Crippen molar-refractivity contribution in [2.75, 3.05) is 33.3 Å². The van der Waals surface area contributed by atoms with Crippen LogP contribution in [0.4, 0.5) is 0 Å². The third-order valence-corrected chi connectivity index (χ3v) is 15.5. The predicted octanol–water partition coefficient (Wildman–Crippen LogP) is 7.03. The topological polar surface area (TPSA) is 142 Å². The Morgan fingerprint density at radius 1 is 0.797 bits per heavy atom. The van der Waals surface area contributed by atoms with Crippen molar-refractivity contribution in [1.29, 1.82) is 0 Å². The summed E-state index contributed by atoms with van der Waals surface area (Å²) in [6.45, 7) is 4.60. The fourth-order valence-electron chi connectivity index (χ4n) is 12.1. The molecule has 3 aliphatic heterocycles. The number of nitrogens with zero attached hydrogens (tertiary/aromatic N) is 2. The van der Waals surface area contributed by atoms with Crippen LogP contribution in [-0.2, 0) is 36.9 Å².